The van der Waals surface area contributed by atoms with Crippen LogP contribution < -0.4 is 11.2 Å². The molecule has 0 bridgehead atoms. The lowest BCUT2D eigenvalue weighted by Crippen LogP contribution is -2.44. The number of rotatable bonds is 7. The Morgan fingerprint density at radius 3 is 2.65 bits per heavy atom. The molecule has 1 aromatic heterocycles. The molecule has 0 aliphatic carbocycles. The van der Waals surface area contributed by atoms with Crippen LogP contribution >= 0.6 is 23.4 Å². The second-order valence-electron chi connectivity index (χ2n) is 7.58. The van der Waals surface area contributed by atoms with E-state index in [0.717, 1.165) is 38.0 Å². The minimum atomic E-state index is -0.0150. The third kappa shape index (κ3) is 5.78. The summed E-state index contributed by atoms with van der Waals surface area (Å²) >= 11 is 7.31. The Morgan fingerprint density at radius 2 is 1.90 bits per heavy atom. The van der Waals surface area contributed by atoms with E-state index in [0.29, 0.717) is 16.0 Å². The normalized spacial score (nSPS) is 15.1. The summed E-state index contributed by atoms with van der Waals surface area (Å²) in [5.41, 5.74) is 2.10. The Labute approximate surface area is 190 Å². The fraction of sp³-hybridized carbons (Fsp3) is 0.318. The van der Waals surface area contributed by atoms with Gasteiger partial charge in [0.25, 0.3) is 0 Å². The number of hydrogen-bond donors (Lipinski definition) is 2. The monoisotopic (exact) mass is 456 g/mol. The fourth-order valence-corrected chi connectivity index (χ4v) is 4.53. The van der Waals surface area contributed by atoms with Crippen LogP contribution in [0.25, 0.3) is 11.4 Å². The summed E-state index contributed by atoms with van der Waals surface area (Å²) in [6.07, 6.45) is 1.91. The van der Waals surface area contributed by atoms with Gasteiger partial charge >= 0.3 is 0 Å². The largest absolute Gasteiger partial charge is 0.353 e. The van der Waals surface area contributed by atoms with Crippen LogP contribution in [0.1, 0.15) is 18.4 Å². The zero-order valence-electron chi connectivity index (χ0n) is 17.1. The van der Waals surface area contributed by atoms with E-state index in [1.54, 1.807) is 12.1 Å². The number of aromatic nitrogens is 3. The van der Waals surface area contributed by atoms with Crippen molar-refractivity contribution >= 4 is 29.3 Å². The zero-order valence-corrected chi connectivity index (χ0v) is 18.6. The number of likely N-dealkylation sites (tertiary alicyclic amines) is 1. The van der Waals surface area contributed by atoms with E-state index in [9.17, 15) is 4.79 Å². The molecule has 7 nitrogen and oxygen atoms in total. The number of nitrogens with zero attached hydrogens (tertiary/aromatic N) is 4. The fourth-order valence-electron chi connectivity index (χ4n) is 3.68. The Bertz CT molecular complexity index is 1020. The first-order chi connectivity index (χ1) is 15.1. The third-order valence-electron chi connectivity index (χ3n) is 5.28. The highest BCUT2D eigenvalue weighted by atomic mass is 35.5. The minimum Gasteiger partial charge on any atom is -0.353 e. The molecule has 1 saturated heterocycles. The van der Waals surface area contributed by atoms with E-state index in [1.165, 1.54) is 22.0 Å². The van der Waals surface area contributed by atoms with Crippen LogP contribution in [0.5, 0.6) is 0 Å². The van der Waals surface area contributed by atoms with Crippen molar-refractivity contribution in [1.29, 1.82) is 0 Å². The summed E-state index contributed by atoms with van der Waals surface area (Å²) in [6.45, 7) is 2.92. The number of nitrogens with two attached hydrogens (primary N) is 1. The lowest BCUT2D eigenvalue weighted by atomic mass is 10.0. The highest BCUT2D eigenvalue weighted by molar-refractivity contribution is 7.99. The molecular weight excluding hydrogens is 432 g/mol. The molecule has 3 N–H and O–H groups in total. The lowest BCUT2D eigenvalue weighted by Gasteiger charge is -2.32. The summed E-state index contributed by atoms with van der Waals surface area (Å²) in [7, 11) is 0. The number of piperidine rings is 1. The van der Waals surface area contributed by atoms with E-state index in [-0.39, 0.29) is 17.7 Å². The number of halogens is 1. The van der Waals surface area contributed by atoms with Gasteiger partial charge in [-0.25, -0.2) is 4.68 Å². The minimum absolute atomic E-state index is 0.0150. The third-order valence-corrected chi connectivity index (χ3v) is 6.46. The van der Waals surface area contributed by atoms with Crippen molar-refractivity contribution in [1.82, 2.24) is 25.1 Å². The maximum Gasteiger partial charge on any atom is 0.230 e. The van der Waals surface area contributed by atoms with Gasteiger partial charge in [0.2, 0.25) is 11.1 Å². The molecule has 4 rings (SSSR count). The highest BCUT2D eigenvalue weighted by Gasteiger charge is 2.21. The number of hydrogen-bond acceptors (Lipinski definition) is 6. The Kier molecular flexibility index (Phi) is 7.11. The molecule has 1 fully saturated rings. The van der Waals surface area contributed by atoms with Gasteiger partial charge in [-0.3, -0.25) is 9.69 Å². The van der Waals surface area contributed by atoms with Gasteiger partial charge in [0.1, 0.15) is 0 Å². The number of carbonyl (C=O) groups is 1. The van der Waals surface area contributed by atoms with Crippen LogP contribution in [0.15, 0.2) is 59.8 Å². The van der Waals surface area contributed by atoms with Crippen LogP contribution in [-0.2, 0) is 11.3 Å². The zero-order chi connectivity index (χ0) is 21.6. The van der Waals surface area contributed by atoms with Crippen LogP contribution in [0.4, 0.5) is 0 Å². The molecule has 0 saturated carbocycles. The average Bonchev–Trinajstić information content (AvgIpc) is 3.15. The SMILES string of the molecule is Nn1c(SCC(=O)NC2CCN(Cc3ccccc3)CC2)nnc1-c1cccc(Cl)c1. The molecule has 0 spiro atoms. The van der Waals surface area contributed by atoms with Gasteiger partial charge in [0, 0.05) is 36.3 Å². The van der Waals surface area contributed by atoms with Crippen molar-refractivity contribution in [2.75, 3.05) is 24.7 Å². The predicted octanol–water partition coefficient (Wildman–Crippen LogP) is 3.19. The Hall–Kier alpha value is -2.55. The van der Waals surface area contributed by atoms with Gasteiger partial charge in [-0.05, 0) is 30.5 Å². The molecule has 0 unspecified atom stereocenters. The van der Waals surface area contributed by atoms with Gasteiger partial charge in [-0.15, -0.1) is 10.2 Å². The Morgan fingerprint density at radius 1 is 1.13 bits per heavy atom. The van der Waals surface area contributed by atoms with Crippen LogP contribution in [0.2, 0.25) is 5.02 Å². The van der Waals surface area contributed by atoms with Crippen molar-refractivity contribution in [3.8, 4) is 11.4 Å². The number of benzene rings is 2. The molecule has 1 aliphatic heterocycles. The van der Waals surface area contributed by atoms with Gasteiger partial charge in [-0.2, -0.15) is 0 Å². The maximum absolute atomic E-state index is 12.4. The van der Waals surface area contributed by atoms with E-state index in [2.05, 4.69) is 44.7 Å². The molecule has 31 heavy (non-hydrogen) atoms. The van der Waals surface area contributed by atoms with Gasteiger partial charge in [0.15, 0.2) is 5.82 Å². The highest BCUT2D eigenvalue weighted by Crippen LogP contribution is 2.24. The van der Waals surface area contributed by atoms with Gasteiger partial charge in [0.05, 0.1) is 5.75 Å². The van der Waals surface area contributed by atoms with E-state index < -0.39 is 0 Å². The summed E-state index contributed by atoms with van der Waals surface area (Å²) in [5.74, 6) is 6.87. The molecule has 0 atom stereocenters. The second-order valence-corrected chi connectivity index (χ2v) is 8.96. The van der Waals surface area contributed by atoms with E-state index in [1.807, 2.05) is 18.2 Å². The van der Waals surface area contributed by atoms with Gasteiger partial charge < -0.3 is 11.2 Å². The summed E-state index contributed by atoms with van der Waals surface area (Å²) in [6, 6.07) is 17.9. The molecule has 2 aromatic carbocycles. The number of nitrogen functional groups attached to an aromatic ring is 1. The van der Waals surface area contributed by atoms with Crippen molar-refractivity contribution in [2.24, 2.45) is 0 Å². The van der Waals surface area contributed by atoms with Crippen molar-refractivity contribution in [2.45, 2.75) is 30.6 Å². The molecule has 3 aromatic rings. The number of amides is 1. The molecule has 2 heterocycles. The predicted molar refractivity (Wildman–Crippen MR) is 124 cm³/mol. The standard InChI is InChI=1S/C22H25ClN6OS/c23-18-8-4-7-17(13-18)21-26-27-22(29(21)24)31-15-20(30)25-19-9-11-28(12-10-19)14-16-5-2-1-3-6-16/h1-8,13,19H,9-12,14-15,24H2,(H,25,30). The summed E-state index contributed by atoms with van der Waals surface area (Å²) in [5, 5.41) is 12.5. The van der Waals surface area contributed by atoms with Gasteiger partial charge in [-0.1, -0.05) is 65.8 Å². The van der Waals surface area contributed by atoms with Crippen molar-refractivity contribution in [3.63, 3.8) is 0 Å². The van der Waals surface area contributed by atoms with Crippen LogP contribution in [0.3, 0.4) is 0 Å². The van der Waals surface area contributed by atoms with Crippen LogP contribution in [0, 0.1) is 0 Å². The Balaban J connectivity index is 1.23. The topological polar surface area (TPSA) is 89.1 Å². The number of carbonyl (C=O) groups excluding carboxylic acids is 1. The van der Waals surface area contributed by atoms with E-state index >= 15 is 0 Å². The first-order valence-corrected chi connectivity index (χ1v) is 11.6. The smallest absolute Gasteiger partial charge is 0.230 e. The quantitative estimate of drug-likeness (QED) is 0.419. The molecule has 1 aliphatic rings. The van der Waals surface area contributed by atoms with Crippen LogP contribution in [-0.4, -0.2) is 50.6 Å². The first kappa shape index (κ1) is 21.7. The first-order valence-electron chi connectivity index (χ1n) is 10.2. The lowest BCUT2D eigenvalue weighted by molar-refractivity contribution is -0.119. The molecule has 162 valence electrons. The summed E-state index contributed by atoms with van der Waals surface area (Å²) < 4.78 is 1.39. The second kappa shape index (κ2) is 10.2. The van der Waals surface area contributed by atoms with Crippen molar-refractivity contribution in [3.05, 3.63) is 65.2 Å². The molecule has 1 amide bonds. The molecule has 9 heteroatoms. The number of thioether (sulfide) groups is 1. The van der Waals surface area contributed by atoms with Crippen molar-refractivity contribution < 1.29 is 4.79 Å². The molecular formula is C22H25ClN6OS. The average molecular weight is 457 g/mol. The summed E-state index contributed by atoms with van der Waals surface area (Å²) in [4.78, 5) is 14.9. The maximum atomic E-state index is 12.4. The van der Waals surface area contributed by atoms with E-state index in [4.69, 9.17) is 17.4 Å². The number of nitrogens with one attached hydrogen (secondary N) is 1. The molecule has 0 radical (unpaired) electrons.